The molecule has 0 bridgehead atoms. The van der Waals surface area contributed by atoms with Crippen LogP contribution in [0.15, 0.2) is 24.3 Å². The fourth-order valence-electron chi connectivity index (χ4n) is 1.20. The second-order valence-electron chi connectivity index (χ2n) is 3.36. The molecule has 0 saturated carbocycles. The molecule has 0 saturated heterocycles. The normalized spacial score (nSPS) is 17.5. The summed E-state index contributed by atoms with van der Waals surface area (Å²) >= 11 is 0. The third kappa shape index (κ3) is 2.08. The smallest absolute Gasteiger partial charge is 0.145 e. The highest BCUT2D eigenvalue weighted by Crippen LogP contribution is 2.26. The van der Waals surface area contributed by atoms with E-state index in [0.29, 0.717) is 5.56 Å². The highest BCUT2D eigenvalue weighted by Gasteiger charge is 2.32. The zero-order chi connectivity index (χ0) is 10.8. The van der Waals surface area contributed by atoms with Gasteiger partial charge in [0.1, 0.15) is 17.6 Å². The molecule has 0 aliphatic rings. The molecule has 0 amide bonds. The Labute approximate surface area is 81.4 Å². The van der Waals surface area contributed by atoms with Gasteiger partial charge in [-0.3, -0.25) is 0 Å². The first kappa shape index (κ1) is 11.1. The lowest BCUT2D eigenvalue weighted by Crippen LogP contribution is -2.38. The number of benzene rings is 1. The summed E-state index contributed by atoms with van der Waals surface area (Å²) in [7, 11) is 0. The molecule has 0 aliphatic heterocycles. The Bertz CT molecular complexity index is 297. The van der Waals surface area contributed by atoms with E-state index in [2.05, 4.69) is 0 Å². The molecule has 1 rings (SSSR count). The van der Waals surface area contributed by atoms with Gasteiger partial charge in [-0.2, -0.15) is 0 Å². The van der Waals surface area contributed by atoms with Crippen molar-refractivity contribution in [2.24, 2.45) is 5.73 Å². The number of hydrogen-bond donors (Lipinski definition) is 2. The van der Waals surface area contributed by atoms with Crippen LogP contribution in [0.5, 0.6) is 0 Å². The van der Waals surface area contributed by atoms with Crippen molar-refractivity contribution in [2.45, 2.75) is 18.7 Å². The lowest BCUT2D eigenvalue weighted by molar-refractivity contribution is -0.0201. The van der Waals surface area contributed by atoms with Crippen LogP contribution in [-0.2, 0) is 5.60 Å². The Kier molecular flexibility index (Phi) is 3.18. The van der Waals surface area contributed by atoms with Crippen LogP contribution in [0.2, 0.25) is 0 Å². The second-order valence-corrected chi connectivity index (χ2v) is 3.36. The van der Waals surface area contributed by atoms with Crippen molar-refractivity contribution in [2.75, 3.05) is 6.54 Å². The van der Waals surface area contributed by atoms with Gasteiger partial charge in [-0.1, -0.05) is 12.1 Å². The Morgan fingerprint density at radius 3 is 2.36 bits per heavy atom. The topological polar surface area (TPSA) is 46.2 Å². The van der Waals surface area contributed by atoms with E-state index in [0.717, 1.165) is 0 Å². The first-order valence-corrected chi connectivity index (χ1v) is 4.31. The van der Waals surface area contributed by atoms with E-state index < -0.39 is 17.6 Å². The average molecular weight is 201 g/mol. The standard InChI is InChI=1S/C10H13F2NO/c1-10(14,9(12)6-13)7-2-4-8(11)5-3-7/h2-5,9,14H,6,13H2,1H3/t9-,10+/m1/s1. The zero-order valence-corrected chi connectivity index (χ0v) is 7.87. The van der Waals surface area contributed by atoms with Gasteiger partial charge < -0.3 is 10.8 Å². The molecule has 1 aromatic carbocycles. The molecule has 3 N–H and O–H groups in total. The van der Waals surface area contributed by atoms with Gasteiger partial charge >= 0.3 is 0 Å². The third-order valence-electron chi connectivity index (χ3n) is 2.25. The van der Waals surface area contributed by atoms with Crippen molar-refractivity contribution in [3.05, 3.63) is 35.6 Å². The Hall–Kier alpha value is -1.00. The number of hydrogen-bond acceptors (Lipinski definition) is 2. The SMILES string of the molecule is C[C@](O)(c1ccc(F)cc1)[C@H](F)CN. The summed E-state index contributed by atoms with van der Waals surface area (Å²) in [6.45, 7) is 1.04. The van der Waals surface area contributed by atoms with Crippen LogP contribution in [0.3, 0.4) is 0 Å². The second kappa shape index (κ2) is 4.02. The van der Waals surface area contributed by atoms with Gasteiger partial charge in [0.05, 0.1) is 0 Å². The largest absolute Gasteiger partial charge is 0.382 e. The van der Waals surface area contributed by atoms with Crippen LogP contribution < -0.4 is 5.73 Å². The van der Waals surface area contributed by atoms with Gasteiger partial charge in [0.2, 0.25) is 0 Å². The van der Waals surface area contributed by atoms with Gasteiger partial charge in [-0.25, -0.2) is 8.78 Å². The molecule has 0 aliphatic carbocycles. The summed E-state index contributed by atoms with van der Waals surface area (Å²) in [5, 5.41) is 9.77. The molecule has 78 valence electrons. The van der Waals surface area contributed by atoms with Crippen molar-refractivity contribution in [3.8, 4) is 0 Å². The minimum absolute atomic E-state index is 0.273. The number of halogens is 2. The van der Waals surface area contributed by atoms with Crippen LogP contribution in [-0.4, -0.2) is 17.8 Å². The van der Waals surface area contributed by atoms with Gasteiger partial charge in [-0.05, 0) is 24.6 Å². The van der Waals surface area contributed by atoms with E-state index in [-0.39, 0.29) is 6.54 Å². The molecule has 2 atom stereocenters. The number of nitrogens with two attached hydrogens (primary N) is 1. The lowest BCUT2D eigenvalue weighted by atomic mass is 9.91. The van der Waals surface area contributed by atoms with Crippen molar-refractivity contribution in [3.63, 3.8) is 0 Å². The van der Waals surface area contributed by atoms with E-state index in [1.54, 1.807) is 0 Å². The minimum Gasteiger partial charge on any atom is -0.382 e. The minimum atomic E-state index is -1.66. The summed E-state index contributed by atoms with van der Waals surface area (Å²) in [5.41, 5.74) is 3.77. The summed E-state index contributed by atoms with van der Waals surface area (Å²) in [4.78, 5) is 0. The van der Waals surface area contributed by atoms with E-state index in [4.69, 9.17) is 5.73 Å². The summed E-state index contributed by atoms with van der Waals surface area (Å²) in [5.74, 6) is -0.423. The van der Waals surface area contributed by atoms with E-state index in [9.17, 15) is 13.9 Å². The highest BCUT2D eigenvalue weighted by atomic mass is 19.1. The van der Waals surface area contributed by atoms with Crippen LogP contribution in [0.25, 0.3) is 0 Å². The third-order valence-corrected chi connectivity index (χ3v) is 2.25. The first-order valence-electron chi connectivity index (χ1n) is 4.31. The number of rotatable bonds is 3. The predicted octanol–water partition coefficient (Wildman–Crippen LogP) is 1.33. The summed E-state index contributed by atoms with van der Waals surface area (Å²) < 4.78 is 25.8. The molecule has 0 aromatic heterocycles. The first-order chi connectivity index (χ1) is 6.48. The van der Waals surface area contributed by atoms with Gasteiger partial charge in [0, 0.05) is 6.54 Å². The molecule has 0 radical (unpaired) electrons. The maximum Gasteiger partial charge on any atom is 0.145 e. The van der Waals surface area contributed by atoms with E-state index in [1.807, 2.05) is 0 Å². The van der Waals surface area contributed by atoms with Crippen LogP contribution >= 0.6 is 0 Å². The number of aliphatic hydroxyl groups is 1. The molecule has 14 heavy (non-hydrogen) atoms. The molecule has 0 heterocycles. The van der Waals surface area contributed by atoms with Crippen molar-refractivity contribution in [1.82, 2.24) is 0 Å². The molecular weight excluding hydrogens is 188 g/mol. The molecule has 4 heteroatoms. The molecule has 1 aromatic rings. The molecule has 0 fully saturated rings. The predicted molar refractivity (Wildman–Crippen MR) is 49.9 cm³/mol. The van der Waals surface area contributed by atoms with Crippen molar-refractivity contribution < 1.29 is 13.9 Å². The van der Waals surface area contributed by atoms with E-state index in [1.165, 1.54) is 31.2 Å². The molecular formula is C10H13F2NO. The maximum atomic E-state index is 13.2. The maximum absolute atomic E-state index is 13.2. The highest BCUT2D eigenvalue weighted by molar-refractivity contribution is 5.23. The Morgan fingerprint density at radius 2 is 1.93 bits per heavy atom. The number of alkyl halides is 1. The molecule has 2 nitrogen and oxygen atoms in total. The monoisotopic (exact) mass is 201 g/mol. The van der Waals surface area contributed by atoms with E-state index >= 15 is 0 Å². The molecule has 0 unspecified atom stereocenters. The zero-order valence-electron chi connectivity index (χ0n) is 7.87. The lowest BCUT2D eigenvalue weighted by Gasteiger charge is -2.26. The average Bonchev–Trinajstić information content (AvgIpc) is 2.17. The molecule has 0 spiro atoms. The van der Waals surface area contributed by atoms with Crippen LogP contribution in [0.1, 0.15) is 12.5 Å². The van der Waals surface area contributed by atoms with Gasteiger partial charge in [-0.15, -0.1) is 0 Å². The quantitative estimate of drug-likeness (QED) is 0.775. The summed E-state index contributed by atoms with van der Waals surface area (Å²) in [6.07, 6.45) is -1.56. The van der Waals surface area contributed by atoms with Crippen molar-refractivity contribution >= 4 is 0 Å². The van der Waals surface area contributed by atoms with Gasteiger partial charge in [0.15, 0.2) is 0 Å². The van der Waals surface area contributed by atoms with Crippen molar-refractivity contribution in [1.29, 1.82) is 0 Å². The Morgan fingerprint density at radius 1 is 1.43 bits per heavy atom. The fourth-order valence-corrected chi connectivity index (χ4v) is 1.20. The van der Waals surface area contributed by atoms with Crippen LogP contribution in [0, 0.1) is 5.82 Å². The summed E-state index contributed by atoms with van der Waals surface area (Å²) in [6, 6.07) is 5.04. The Balaban J connectivity index is 2.97. The van der Waals surface area contributed by atoms with Crippen LogP contribution in [0.4, 0.5) is 8.78 Å². The fraction of sp³-hybridized carbons (Fsp3) is 0.400. The van der Waals surface area contributed by atoms with Gasteiger partial charge in [0.25, 0.3) is 0 Å².